The minimum Gasteiger partial charge on any atom is -0.305 e. The zero-order valence-electron chi connectivity index (χ0n) is 18.7. The van der Waals surface area contributed by atoms with Gasteiger partial charge in [0.1, 0.15) is 0 Å². The van der Waals surface area contributed by atoms with Gasteiger partial charge in [0.25, 0.3) is 0 Å². The first kappa shape index (κ1) is 28.3. The summed E-state index contributed by atoms with van der Waals surface area (Å²) in [5, 5.41) is -1.07. The van der Waals surface area contributed by atoms with Gasteiger partial charge >= 0.3 is 15.2 Å². The lowest BCUT2D eigenvalue weighted by Gasteiger charge is -2.35. The fourth-order valence-corrected chi connectivity index (χ4v) is 9.12. The van der Waals surface area contributed by atoms with E-state index in [0.717, 1.165) is 0 Å². The quantitative estimate of drug-likeness (QED) is 0.216. The van der Waals surface area contributed by atoms with Crippen molar-refractivity contribution in [1.82, 2.24) is 0 Å². The molecule has 0 saturated carbocycles. The molecule has 0 N–H and O–H groups in total. The Labute approximate surface area is 175 Å². The Bertz CT molecular complexity index is 498. The Hall–Kier alpha value is 0.320. The molecule has 0 atom stereocenters. The zero-order valence-corrected chi connectivity index (χ0v) is 21.3. The van der Waals surface area contributed by atoms with Gasteiger partial charge in [0.15, 0.2) is 10.5 Å². The van der Waals surface area contributed by atoms with E-state index >= 15 is 0 Å². The van der Waals surface area contributed by atoms with Crippen LogP contribution in [-0.2, 0) is 32.0 Å². The van der Waals surface area contributed by atoms with Crippen LogP contribution >= 0.6 is 27.0 Å². The minimum atomic E-state index is -3.85. The number of thioether (sulfide) groups is 1. The molecule has 0 aromatic heterocycles. The van der Waals surface area contributed by atoms with E-state index in [1.54, 1.807) is 55.4 Å². The molecule has 0 saturated heterocycles. The summed E-state index contributed by atoms with van der Waals surface area (Å²) in [7, 11) is -7.69. The molecule has 0 rings (SSSR count). The summed E-state index contributed by atoms with van der Waals surface area (Å²) in [5.41, 5.74) is 0. The highest BCUT2D eigenvalue weighted by Crippen LogP contribution is 2.73. The van der Waals surface area contributed by atoms with Crippen molar-refractivity contribution >= 4 is 32.1 Å². The molecule has 0 spiro atoms. The fraction of sp³-hybridized carbons (Fsp3) is 0.944. The number of hydrogen-bond acceptors (Lipinski definition) is 8. The van der Waals surface area contributed by atoms with E-state index in [4.69, 9.17) is 18.1 Å². The van der Waals surface area contributed by atoms with E-state index < -0.39 is 45.0 Å². The second-order valence-corrected chi connectivity index (χ2v) is 13.6. The van der Waals surface area contributed by atoms with Gasteiger partial charge in [-0.3, -0.25) is 13.9 Å². The molecule has 0 aliphatic carbocycles. The molecule has 0 aliphatic heterocycles. The van der Waals surface area contributed by atoms with E-state index in [1.807, 2.05) is 0 Å². The van der Waals surface area contributed by atoms with Crippen LogP contribution in [0.15, 0.2) is 0 Å². The highest BCUT2D eigenvalue weighted by molar-refractivity contribution is 8.13. The SMILES string of the molecule is CC(=O)SCCCC(P(=O)(OC(C)C)OC(C)C)P(=O)(OC(C)C)OC(C)C. The Balaban J connectivity index is 6.03. The lowest BCUT2D eigenvalue weighted by atomic mass is 10.4. The summed E-state index contributed by atoms with van der Waals surface area (Å²) in [4.78, 5) is 11.2. The van der Waals surface area contributed by atoms with Gasteiger partial charge in [-0.15, -0.1) is 0 Å². The summed E-state index contributed by atoms with van der Waals surface area (Å²) in [5.74, 6) is 0.512. The number of carbonyl (C=O) groups excluding carboxylic acids is 1. The van der Waals surface area contributed by atoms with Crippen LogP contribution in [0.5, 0.6) is 0 Å². The van der Waals surface area contributed by atoms with E-state index in [-0.39, 0.29) is 11.5 Å². The average molecular weight is 461 g/mol. The van der Waals surface area contributed by atoms with E-state index in [2.05, 4.69) is 0 Å². The van der Waals surface area contributed by atoms with Crippen molar-refractivity contribution in [2.75, 3.05) is 5.75 Å². The van der Waals surface area contributed by atoms with Crippen molar-refractivity contribution in [3.63, 3.8) is 0 Å². The Morgan fingerprint density at radius 1 is 0.750 bits per heavy atom. The van der Waals surface area contributed by atoms with Crippen LogP contribution in [0.2, 0.25) is 0 Å². The maximum Gasteiger partial charge on any atom is 0.346 e. The largest absolute Gasteiger partial charge is 0.346 e. The number of hydrogen-bond donors (Lipinski definition) is 0. The Morgan fingerprint density at radius 2 is 1.07 bits per heavy atom. The fourth-order valence-electron chi connectivity index (χ4n) is 2.48. The van der Waals surface area contributed by atoms with Gasteiger partial charge < -0.3 is 18.1 Å². The summed E-state index contributed by atoms with van der Waals surface area (Å²) in [6.07, 6.45) is -0.867. The first-order chi connectivity index (χ1) is 12.7. The molecule has 28 heavy (non-hydrogen) atoms. The molecule has 0 unspecified atom stereocenters. The maximum atomic E-state index is 13.8. The molecule has 0 amide bonds. The van der Waals surface area contributed by atoms with Gasteiger partial charge in [0, 0.05) is 12.7 Å². The number of carbonyl (C=O) groups is 1. The summed E-state index contributed by atoms with van der Waals surface area (Å²) in [6, 6.07) is 0. The van der Waals surface area contributed by atoms with Crippen LogP contribution in [-0.4, -0.2) is 40.7 Å². The van der Waals surface area contributed by atoms with Crippen LogP contribution in [0.1, 0.15) is 75.2 Å². The maximum absolute atomic E-state index is 13.8. The lowest BCUT2D eigenvalue weighted by Crippen LogP contribution is -2.23. The van der Waals surface area contributed by atoms with Crippen molar-refractivity contribution in [2.45, 2.75) is 105 Å². The molecule has 0 aliphatic rings. The van der Waals surface area contributed by atoms with Gasteiger partial charge in [-0.05, 0) is 68.2 Å². The van der Waals surface area contributed by atoms with Crippen LogP contribution in [0.4, 0.5) is 0 Å². The summed E-state index contributed by atoms with van der Waals surface area (Å²) >= 11 is 1.17. The molecular weight excluding hydrogens is 422 g/mol. The Morgan fingerprint density at radius 3 is 1.32 bits per heavy atom. The van der Waals surface area contributed by atoms with E-state index in [0.29, 0.717) is 12.2 Å². The van der Waals surface area contributed by atoms with Crippen molar-refractivity contribution in [2.24, 2.45) is 0 Å². The molecule has 0 bridgehead atoms. The summed E-state index contributed by atoms with van der Waals surface area (Å²) < 4.78 is 50.5. The topological polar surface area (TPSA) is 88.1 Å². The Kier molecular flexibility index (Phi) is 13.0. The minimum absolute atomic E-state index is 0.00311. The van der Waals surface area contributed by atoms with Crippen LogP contribution in [0.3, 0.4) is 0 Å². The van der Waals surface area contributed by atoms with Crippen molar-refractivity contribution in [3.8, 4) is 0 Å². The zero-order chi connectivity index (χ0) is 22.1. The van der Waals surface area contributed by atoms with Gasteiger partial charge in [-0.2, -0.15) is 0 Å². The van der Waals surface area contributed by atoms with Crippen molar-refractivity contribution in [1.29, 1.82) is 0 Å². The normalized spacial score (nSPS) is 13.5. The molecule has 0 aromatic rings. The smallest absolute Gasteiger partial charge is 0.305 e. The molecule has 0 aromatic carbocycles. The first-order valence-corrected chi connectivity index (χ1v) is 14.0. The number of rotatable bonds is 14. The van der Waals surface area contributed by atoms with Gasteiger partial charge in [-0.1, -0.05) is 11.8 Å². The first-order valence-electron chi connectivity index (χ1n) is 9.78. The average Bonchev–Trinajstić information content (AvgIpc) is 2.42. The van der Waals surface area contributed by atoms with Crippen LogP contribution in [0, 0.1) is 0 Å². The van der Waals surface area contributed by atoms with Gasteiger partial charge in [0.2, 0.25) is 0 Å². The third kappa shape index (κ3) is 10.9. The monoisotopic (exact) mass is 460 g/mol. The third-order valence-electron chi connectivity index (χ3n) is 3.07. The lowest BCUT2D eigenvalue weighted by molar-refractivity contribution is -0.109. The molecule has 0 fully saturated rings. The van der Waals surface area contributed by atoms with Gasteiger partial charge in [-0.25, -0.2) is 0 Å². The third-order valence-corrected chi connectivity index (χ3v) is 10.5. The molecular formula is C18H38O7P2S. The molecule has 168 valence electrons. The highest BCUT2D eigenvalue weighted by atomic mass is 32.2. The second kappa shape index (κ2) is 12.9. The standard InChI is InChI=1S/C18H38O7P2S/c1-13(2)22-26(20,23-14(3)4)18(11-10-12-28-17(9)19)27(21,24-15(5)6)25-16(7)8/h13-16,18H,10-12H2,1-9H3. The van der Waals surface area contributed by atoms with Crippen LogP contribution in [0.25, 0.3) is 0 Å². The molecule has 0 radical (unpaired) electrons. The molecule has 0 heterocycles. The molecule has 10 heteroatoms. The van der Waals surface area contributed by atoms with E-state index in [9.17, 15) is 13.9 Å². The van der Waals surface area contributed by atoms with E-state index in [1.165, 1.54) is 18.7 Å². The predicted octanol–water partition coefficient (Wildman–Crippen LogP) is 6.46. The second-order valence-electron chi connectivity index (χ2n) is 7.66. The van der Waals surface area contributed by atoms with Gasteiger partial charge in [0.05, 0.1) is 24.4 Å². The van der Waals surface area contributed by atoms with Crippen molar-refractivity contribution in [3.05, 3.63) is 0 Å². The highest BCUT2D eigenvalue weighted by Gasteiger charge is 2.52. The predicted molar refractivity (Wildman–Crippen MR) is 116 cm³/mol. The van der Waals surface area contributed by atoms with Crippen molar-refractivity contribution < 1.29 is 32.0 Å². The molecule has 7 nitrogen and oxygen atoms in total. The summed E-state index contributed by atoms with van der Waals surface area (Å²) in [6.45, 7) is 15.5. The van der Waals surface area contributed by atoms with Crippen LogP contribution < -0.4 is 0 Å².